The number of nitrogens with zero attached hydrogens (tertiary/aromatic N) is 1. The molecule has 0 N–H and O–H groups in total. The standard InChI is InChI=1S/C8H11NOS/c1-3-10-9-7(2)8-4-5-11-6-8/h4-6H,3H2,1-2H3/b9-7-. The van der Waals surface area contributed by atoms with E-state index in [1.165, 1.54) is 0 Å². The molecule has 0 aliphatic heterocycles. The average molecular weight is 169 g/mol. The van der Waals surface area contributed by atoms with Gasteiger partial charge in [-0.1, -0.05) is 5.16 Å². The number of hydrogen-bond donors (Lipinski definition) is 0. The summed E-state index contributed by atoms with van der Waals surface area (Å²) < 4.78 is 0. The van der Waals surface area contributed by atoms with E-state index in [1.807, 2.05) is 25.3 Å². The lowest BCUT2D eigenvalue weighted by atomic mass is 10.2. The monoisotopic (exact) mass is 169 g/mol. The largest absolute Gasteiger partial charge is 0.396 e. The van der Waals surface area contributed by atoms with Crippen molar-refractivity contribution in [3.05, 3.63) is 22.4 Å². The number of hydrogen-bond acceptors (Lipinski definition) is 3. The van der Waals surface area contributed by atoms with E-state index in [1.54, 1.807) is 11.3 Å². The van der Waals surface area contributed by atoms with Crippen molar-refractivity contribution >= 4 is 17.0 Å². The predicted molar refractivity (Wildman–Crippen MR) is 48.2 cm³/mol. The third-order valence-corrected chi connectivity index (χ3v) is 1.95. The zero-order valence-electron chi connectivity index (χ0n) is 6.70. The van der Waals surface area contributed by atoms with Crippen molar-refractivity contribution in [1.82, 2.24) is 0 Å². The van der Waals surface area contributed by atoms with Crippen molar-refractivity contribution in [2.75, 3.05) is 6.61 Å². The second kappa shape index (κ2) is 4.13. The topological polar surface area (TPSA) is 21.6 Å². The second-order valence-corrected chi connectivity index (χ2v) is 2.89. The van der Waals surface area contributed by atoms with Crippen LogP contribution in [0, 0.1) is 0 Å². The smallest absolute Gasteiger partial charge is 0.114 e. The Morgan fingerprint density at radius 3 is 3.09 bits per heavy atom. The zero-order chi connectivity index (χ0) is 8.10. The first kappa shape index (κ1) is 8.27. The molecule has 60 valence electrons. The first-order chi connectivity index (χ1) is 5.34. The minimum atomic E-state index is 0.626. The second-order valence-electron chi connectivity index (χ2n) is 2.11. The van der Waals surface area contributed by atoms with E-state index in [-0.39, 0.29) is 0 Å². The maximum absolute atomic E-state index is 4.91. The first-order valence-electron chi connectivity index (χ1n) is 3.53. The molecule has 0 aliphatic carbocycles. The summed E-state index contributed by atoms with van der Waals surface area (Å²) in [6.07, 6.45) is 0. The van der Waals surface area contributed by atoms with Gasteiger partial charge in [-0.3, -0.25) is 0 Å². The van der Waals surface area contributed by atoms with Crippen molar-refractivity contribution in [3.63, 3.8) is 0 Å². The molecule has 0 bridgehead atoms. The predicted octanol–water partition coefficient (Wildman–Crippen LogP) is 2.51. The fourth-order valence-electron chi connectivity index (χ4n) is 0.684. The van der Waals surface area contributed by atoms with Crippen molar-refractivity contribution in [2.24, 2.45) is 5.16 Å². The molecule has 3 heteroatoms. The van der Waals surface area contributed by atoms with Crippen LogP contribution in [0.1, 0.15) is 19.4 Å². The third kappa shape index (κ3) is 2.35. The van der Waals surface area contributed by atoms with Crippen molar-refractivity contribution < 1.29 is 4.84 Å². The highest BCUT2D eigenvalue weighted by Gasteiger charge is 1.95. The number of thiophene rings is 1. The summed E-state index contributed by atoms with van der Waals surface area (Å²) in [5, 5.41) is 7.99. The summed E-state index contributed by atoms with van der Waals surface area (Å²) in [5.41, 5.74) is 2.08. The molecular weight excluding hydrogens is 158 g/mol. The van der Waals surface area contributed by atoms with Gasteiger partial charge >= 0.3 is 0 Å². The Morgan fingerprint density at radius 2 is 2.55 bits per heavy atom. The van der Waals surface area contributed by atoms with E-state index >= 15 is 0 Å². The Kier molecular flexibility index (Phi) is 3.11. The summed E-state index contributed by atoms with van der Waals surface area (Å²) >= 11 is 1.66. The van der Waals surface area contributed by atoms with Gasteiger partial charge in [0.1, 0.15) is 6.61 Å². The molecule has 0 saturated carbocycles. The van der Waals surface area contributed by atoms with Crippen LogP contribution >= 0.6 is 11.3 Å². The van der Waals surface area contributed by atoms with Crippen LogP contribution in [-0.2, 0) is 4.84 Å². The van der Waals surface area contributed by atoms with Gasteiger partial charge < -0.3 is 4.84 Å². The van der Waals surface area contributed by atoms with Crippen LogP contribution in [-0.4, -0.2) is 12.3 Å². The lowest BCUT2D eigenvalue weighted by Gasteiger charge is -1.95. The van der Waals surface area contributed by atoms with E-state index in [9.17, 15) is 0 Å². The Balaban J connectivity index is 2.62. The van der Waals surface area contributed by atoms with Crippen molar-refractivity contribution in [2.45, 2.75) is 13.8 Å². The minimum Gasteiger partial charge on any atom is -0.396 e. The highest BCUT2D eigenvalue weighted by molar-refractivity contribution is 7.08. The van der Waals surface area contributed by atoms with Gasteiger partial charge in [0.05, 0.1) is 5.71 Å². The van der Waals surface area contributed by atoms with Gasteiger partial charge in [0.2, 0.25) is 0 Å². The number of oxime groups is 1. The quantitative estimate of drug-likeness (QED) is 0.503. The van der Waals surface area contributed by atoms with Gasteiger partial charge in [0, 0.05) is 5.56 Å². The van der Waals surface area contributed by atoms with Crippen LogP contribution in [0.4, 0.5) is 0 Å². The molecule has 0 unspecified atom stereocenters. The Hall–Kier alpha value is -0.830. The SMILES string of the molecule is CCO/N=C(/C)c1ccsc1. The van der Waals surface area contributed by atoms with E-state index in [0.717, 1.165) is 11.3 Å². The van der Waals surface area contributed by atoms with Gasteiger partial charge in [-0.05, 0) is 30.7 Å². The molecule has 0 amide bonds. The minimum absolute atomic E-state index is 0.626. The summed E-state index contributed by atoms with van der Waals surface area (Å²) in [6, 6.07) is 2.03. The van der Waals surface area contributed by atoms with Crippen molar-refractivity contribution in [3.8, 4) is 0 Å². The van der Waals surface area contributed by atoms with E-state index < -0.39 is 0 Å². The molecule has 0 aromatic carbocycles. The number of rotatable bonds is 3. The maximum atomic E-state index is 4.91. The van der Waals surface area contributed by atoms with Crippen LogP contribution in [0.15, 0.2) is 22.0 Å². The van der Waals surface area contributed by atoms with E-state index in [0.29, 0.717) is 6.61 Å². The normalized spacial score (nSPS) is 11.6. The lowest BCUT2D eigenvalue weighted by Crippen LogP contribution is -1.93. The first-order valence-corrected chi connectivity index (χ1v) is 4.48. The molecule has 0 fully saturated rings. The third-order valence-electron chi connectivity index (χ3n) is 1.27. The summed E-state index contributed by atoms with van der Waals surface area (Å²) in [6.45, 7) is 4.49. The maximum Gasteiger partial charge on any atom is 0.114 e. The molecular formula is C8H11NOS. The molecule has 0 saturated heterocycles. The molecule has 11 heavy (non-hydrogen) atoms. The zero-order valence-corrected chi connectivity index (χ0v) is 7.52. The van der Waals surface area contributed by atoms with Gasteiger partial charge in [-0.25, -0.2) is 0 Å². The molecule has 0 aliphatic rings. The molecule has 1 heterocycles. The van der Waals surface area contributed by atoms with E-state index in [2.05, 4.69) is 10.5 Å². The molecule has 1 aromatic heterocycles. The van der Waals surface area contributed by atoms with Crippen molar-refractivity contribution in [1.29, 1.82) is 0 Å². The summed E-state index contributed by atoms with van der Waals surface area (Å²) in [4.78, 5) is 4.91. The van der Waals surface area contributed by atoms with Gasteiger partial charge in [0.25, 0.3) is 0 Å². The lowest BCUT2D eigenvalue weighted by molar-refractivity contribution is 0.159. The molecule has 0 spiro atoms. The summed E-state index contributed by atoms with van der Waals surface area (Å²) in [5.74, 6) is 0. The van der Waals surface area contributed by atoms with Gasteiger partial charge in [-0.15, -0.1) is 0 Å². The molecule has 0 atom stereocenters. The molecule has 1 aromatic rings. The molecule has 0 radical (unpaired) electrons. The van der Waals surface area contributed by atoms with Crippen LogP contribution in [0.3, 0.4) is 0 Å². The fraction of sp³-hybridized carbons (Fsp3) is 0.375. The van der Waals surface area contributed by atoms with Crippen LogP contribution in [0.5, 0.6) is 0 Å². The average Bonchev–Trinajstić information content (AvgIpc) is 2.52. The van der Waals surface area contributed by atoms with E-state index in [4.69, 9.17) is 4.84 Å². The summed E-state index contributed by atoms with van der Waals surface area (Å²) in [7, 11) is 0. The Labute approximate surface area is 70.5 Å². The molecule has 2 nitrogen and oxygen atoms in total. The molecule has 1 rings (SSSR count). The van der Waals surface area contributed by atoms with Crippen LogP contribution < -0.4 is 0 Å². The van der Waals surface area contributed by atoms with Gasteiger partial charge in [0.15, 0.2) is 0 Å². The van der Waals surface area contributed by atoms with Crippen LogP contribution in [0.2, 0.25) is 0 Å². The van der Waals surface area contributed by atoms with Gasteiger partial charge in [-0.2, -0.15) is 11.3 Å². The Bertz CT molecular complexity index is 228. The van der Waals surface area contributed by atoms with Crippen LogP contribution in [0.25, 0.3) is 0 Å². The highest BCUT2D eigenvalue weighted by atomic mass is 32.1. The highest BCUT2D eigenvalue weighted by Crippen LogP contribution is 2.07. The fourth-order valence-corrected chi connectivity index (χ4v) is 1.38. The Morgan fingerprint density at radius 1 is 1.73 bits per heavy atom.